The fourth-order valence-electron chi connectivity index (χ4n) is 1.54. The molecule has 0 aliphatic rings. The number of hydrogen-bond donors (Lipinski definition) is 0. The molecule has 1 aromatic carbocycles. The van der Waals surface area contributed by atoms with Crippen molar-refractivity contribution in [1.82, 2.24) is 0 Å². The summed E-state index contributed by atoms with van der Waals surface area (Å²) in [5.41, 5.74) is 2.70. The standard InChI is InChI=1S/C16H20O2/c1-11(2)13-8-7-9-14(10-13)16(5,6)18-15(17)12(3)4/h7-10H,1,3H2,2,4-6H3. The molecule has 0 aromatic heterocycles. The average Bonchev–Trinajstić information content (AvgIpc) is 2.28. The maximum atomic E-state index is 11.6. The molecule has 0 aliphatic heterocycles. The van der Waals surface area contributed by atoms with E-state index in [1.54, 1.807) is 6.92 Å². The van der Waals surface area contributed by atoms with Gasteiger partial charge in [0, 0.05) is 5.57 Å². The molecule has 0 amide bonds. The zero-order valence-electron chi connectivity index (χ0n) is 11.5. The molecule has 0 aliphatic carbocycles. The van der Waals surface area contributed by atoms with Crippen LogP contribution >= 0.6 is 0 Å². The molecule has 0 N–H and O–H groups in total. The minimum Gasteiger partial charge on any atom is -0.451 e. The number of hydrogen-bond acceptors (Lipinski definition) is 2. The van der Waals surface area contributed by atoms with Gasteiger partial charge in [0.15, 0.2) is 0 Å². The predicted molar refractivity (Wildman–Crippen MR) is 75.1 cm³/mol. The highest BCUT2D eigenvalue weighted by Gasteiger charge is 2.25. The normalized spacial score (nSPS) is 10.9. The van der Waals surface area contributed by atoms with Crippen LogP contribution in [0.25, 0.3) is 5.57 Å². The van der Waals surface area contributed by atoms with Crippen LogP contribution in [-0.2, 0) is 15.1 Å². The van der Waals surface area contributed by atoms with Crippen molar-refractivity contribution in [3.8, 4) is 0 Å². The van der Waals surface area contributed by atoms with E-state index in [2.05, 4.69) is 13.2 Å². The van der Waals surface area contributed by atoms with E-state index in [0.29, 0.717) is 5.57 Å². The second kappa shape index (κ2) is 5.21. The second-order valence-corrected chi connectivity index (χ2v) is 5.04. The molecule has 18 heavy (non-hydrogen) atoms. The summed E-state index contributed by atoms with van der Waals surface area (Å²) in [6.07, 6.45) is 0. The lowest BCUT2D eigenvalue weighted by molar-refractivity contribution is -0.152. The van der Waals surface area contributed by atoms with Crippen molar-refractivity contribution >= 4 is 11.5 Å². The molecule has 0 heterocycles. The topological polar surface area (TPSA) is 26.3 Å². The van der Waals surface area contributed by atoms with Crippen LogP contribution in [0, 0.1) is 0 Å². The Balaban J connectivity index is 3.04. The van der Waals surface area contributed by atoms with Gasteiger partial charge < -0.3 is 4.74 Å². The van der Waals surface area contributed by atoms with E-state index in [1.165, 1.54) is 0 Å². The molecule has 0 atom stereocenters. The first-order valence-corrected chi connectivity index (χ1v) is 5.89. The SMILES string of the molecule is C=C(C)C(=O)OC(C)(C)c1cccc(C(=C)C)c1. The van der Waals surface area contributed by atoms with Crippen LogP contribution in [0.5, 0.6) is 0 Å². The van der Waals surface area contributed by atoms with E-state index in [-0.39, 0.29) is 5.97 Å². The van der Waals surface area contributed by atoms with Gasteiger partial charge in [-0.1, -0.05) is 36.9 Å². The Labute approximate surface area is 109 Å². The van der Waals surface area contributed by atoms with E-state index in [0.717, 1.165) is 16.7 Å². The lowest BCUT2D eigenvalue weighted by Crippen LogP contribution is -2.26. The molecule has 0 saturated heterocycles. The van der Waals surface area contributed by atoms with E-state index in [1.807, 2.05) is 45.0 Å². The maximum absolute atomic E-state index is 11.6. The summed E-state index contributed by atoms with van der Waals surface area (Å²) in [5, 5.41) is 0. The van der Waals surface area contributed by atoms with E-state index in [4.69, 9.17) is 4.74 Å². The largest absolute Gasteiger partial charge is 0.451 e. The molecular formula is C16H20O2. The molecule has 1 aromatic rings. The van der Waals surface area contributed by atoms with Gasteiger partial charge in [-0.3, -0.25) is 0 Å². The highest BCUT2D eigenvalue weighted by atomic mass is 16.6. The molecule has 0 radical (unpaired) electrons. The first-order chi connectivity index (χ1) is 8.24. The van der Waals surface area contributed by atoms with Crippen molar-refractivity contribution in [3.63, 3.8) is 0 Å². The van der Waals surface area contributed by atoms with Gasteiger partial charge in [-0.25, -0.2) is 4.79 Å². The van der Waals surface area contributed by atoms with Crippen LogP contribution in [0.15, 0.2) is 43.0 Å². The first-order valence-electron chi connectivity index (χ1n) is 5.89. The predicted octanol–water partition coefficient (Wildman–Crippen LogP) is 4.07. The first kappa shape index (κ1) is 14.2. The number of carbonyl (C=O) groups excluding carboxylic acids is 1. The van der Waals surface area contributed by atoms with Gasteiger partial charge in [-0.05, 0) is 44.9 Å². The van der Waals surface area contributed by atoms with Gasteiger partial charge in [-0.2, -0.15) is 0 Å². The summed E-state index contributed by atoms with van der Waals surface area (Å²) >= 11 is 0. The van der Waals surface area contributed by atoms with Crippen LogP contribution in [0.2, 0.25) is 0 Å². The summed E-state index contributed by atoms with van der Waals surface area (Å²) < 4.78 is 5.45. The quantitative estimate of drug-likeness (QED) is 0.589. The summed E-state index contributed by atoms with van der Waals surface area (Å²) in [6, 6.07) is 7.87. The van der Waals surface area contributed by atoms with Gasteiger partial charge in [0.05, 0.1) is 0 Å². The highest BCUT2D eigenvalue weighted by Crippen LogP contribution is 2.27. The number of ether oxygens (including phenoxy) is 1. The van der Waals surface area contributed by atoms with Crippen LogP contribution in [-0.4, -0.2) is 5.97 Å². The van der Waals surface area contributed by atoms with Crippen molar-refractivity contribution < 1.29 is 9.53 Å². The van der Waals surface area contributed by atoms with E-state index in [9.17, 15) is 4.79 Å². The van der Waals surface area contributed by atoms with Crippen LogP contribution in [0.3, 0.4) is 0 Å². The van der Waals surface area contributed by atoms with E-state index >= 15 is 0 Å². The molecule has 0 unspecified atom stereocenters. The number of allylic oxidation sites excluding steroid dienone is 1. The number of benzene rings is 1. The van der Waals surface area contributed by atoms with Crippen LogP contribution in [0.1, 0.15) is 38.8 Å². The van der Waals surface area contributed by atoms with Crippen LogP contribution < -0.4 is 0 Å². The Morgan fingerprint density at radius 2 is 1.83 bits per heavy atom. The van der Waals surface area contributed by atoms with Crippen molar-refractivity contribution in [1.29, 1.82) is 0 Å². The number of esters is 1. The van der Waals surface area contributed by atoms with Gasteiger partial charge in [0.25, 0.3) is 0 Å². The Morgan fingerprint density at radius 1 is 1.22 bits per heavy atom. The van der Waals surface area contributed by atoms with Gasteiger partial charge in [0.1, 0.15) is 5.60 Å². The molecule has 2 heteroatoms. The highest BCUT2D eigenvalue weighted by molar-refractivity contribution is 5.87. The summed E-state index contributed by atoms with van der Waals surface area (Å²) in [4.78, 5) is 11.6. The Morgan fingerprint density at radius 3 is 2.33 bits per heavy atom. The van der Waals surface area contributed by atoms with E-state index < -0.39 is 5.60 Å². The summed E-state index contributed by atoms with van der Waals surface area (Å²) in [5.74, 6) is -0.374. The number of carbonyl (C=O) groups is 1. The van der Waals surface area contributed by atoms with Crippen LogP contribution in [0.4, 0.5) is 0 Å². The van der Waals surface area contributed by atoms with Gasteiger partial charge in [-0.15, -0.1) is 0 Å². The minimum atomic E-state index is -0.679. The zero-order chi connectivity index (χ0) is 13.9. The second-order valence-electron chi connectivity index (χ2n) is 5.04. The third-order valence-electron chi connectivity index (χ3n) is 2.75. The molecule has 1 rings (SSSR count). The Kier molecular flexibility index (Phi) is 4.12. The third-order valence-corrected chi connectivity index (χ3v) is 2.75. The molecule has 0 bridgehead atoms. The molecule has 0 fully saturated rings. The van der Waals surface area contributed by atoms with Crippen molar-refractivity contribution in [3.05, 3.63) is 54.1 Å². The molecule has 2 nitrogen and oxygen atoms in total. The lowest BCUT2D eigenvalue weighted by atomic mass is 9.94. The van der Waals surface area contributed by atoms with Gasteiger partial charge >= 0.3 is 5.97 Å². The smallest absolute Gasteiger partial charge is 0.333 e. The summed E-state index contributed by atoms with van der Waals surface area (Å²) in [7, 11) is 0. The zero-order valence-corrected chi connectivity index (χ0v) is 11.5. The fourth-order valence-corrected chi connectivity index (χ4v) is 1.54. The molecule has 0 spiro atoms. The Hall–Kier alpha value is -1.83. The van der Waals surface area contributed by atoms with Gasteiger partial charge in [0.2, 0.25) is 0 Å². The Bertz CT molecular complexity index is 496. The summed E-state index contributed by atoms with van der Waals surface area (Å²) in [6.45, 7) is 14.8. The maximum Gasteiger partial charge on any atom is 0.333 e. The van der Waals surface area contributed by atoms with Crippen molar-refractivity contribution in [2.45, 2.75) is 33.3 Å². The van der Waals surface area contributed by atoms with Crippen molar-refractivity contribution in [2.75, 3.05) is 0 Å². The lowest BCUT2D eigenvalue weighted by Gasteiger charge is -2.26. The molecule has 96 valence electrons. The minimum absolute atomic E-state index is 0.374. The monoisotopic (exact) mass is 244 g/mol. The molecular weight excluding hydrogens is 224 g/mol. The third kappa shape index (κ3) is 3.33. The number of rotatable bonds is 4. The molecule has 0 saturated carbocycles. The average molecular weight is 244 g/mol. The fraction of sp³-hybridized carbons (Fsp3) is 0.312. The van der Waals surface area contributed by atoms with Crippen molar-refractivity contribution in [2.24, 2.45) is 0 Å².